The number of aryl methyl sites for hydroxylation is 1. The van der Waals surface area contributed by atoms with E-state index in [4.69, 9.17) is 11.5 Å². The molecule has 178 valence electrons. The van der Waals surface area contributed by atoms with Crippen LogP contribution in [0, 0.1) is 6.92 Å². The number of phenols is 1. The van der Waals surface area contributed by atoms with Gasteiger partial charge in [-0.05, 0) is 67.6 Å². The summed E-state index contributed by atoms with van der Waals surface area (Å²) in [6.07, 6.45) is 1.08. The monoisotopic (exact) mass is 459 g/mol. The lowest BCUT2D eigenvalue weighted by molar-refractivity contribution is -0.141. The predicted octanol–water partition coefficient (Wildman–Crippen LogP) is 4.09. The van der Waals surface area contributed by atoms with Crippen molar-refractivity contribution in [3.05, 3.63) is 89.5 Å². The number of aromatic hydroxyl groups is 1. The zero-order valence-electron chi connectivity index (χ0n) is 19.8. The SMILES string of the molecule is Cc1ccc(-c2ccccc2CC(=O)N([C@H](CCCN)C(N)=O)[C@H](C)c2ccc(O)cc2)cc1. The summed E-state index contributed by atoms with van der Waals surface area (Å²) in [5, 5.41) is 9.68. The number of rotatable bonds is 10. The van der Waals surface area contributed by atoms with E-state index >= 15 is 0 Å². The van der Waals surface area contributed by atoms with Crippen molar-refractivity contribution in [3.8, 4) is 16.9 Å². The van der Waals surface area contributed by atoms with E-state index < -0.39 is 18.0 Å². The summed E-state index contributed by atoms with van der Waals surface area (Å²) in [5.41, 5.74) is 16.3. The highest BCUT2D eigenvalue weighted by Gasteiger charge is 2.32. The average molecular weight is 460 g/mol. The molecule has 0 aromatic heterocycles. The molecule has 0 aliphatic carbocycles. The summed E-state index contributed by atoms with van der Waals surface area (Å²) < 4.78 is 0. The second-order valence-electron chi connectivity index (χ2n) is 8.62. The van der Waals surface area contributed by atoms with Crippen LogP contribution in [0.2, 0.25) is 0 Å². The van der Waals surface area contributed by atoms with Gasteiger partial charge in [0.2, 0.25) is 11.8 Å². The summed E-state index contributed by atoms with van der Waals surface area (Å²) in [4.78, 5) is 27.8. The van der Waals surface area contributed by atoms with E-state index in [2.05, 4.69) is 0 Å². The first-order valence-electron chi connectivity index (χ1n) is 11.6. The van der Waals surface area contributed by atoms with Crippen molar-refractivity contribution in [2.75, 3.05) is 6.54 Å². The summed E-state index contributed by atoms with van der Waals surface area (Å²) in [5.74, 6) is -0.615. The molecule has 0 bridgehead atoms. The van der Waals surface area contributed by atoms with Crippen LogP contribution >= 0.6 is 0 Å². The molecule has 3 rings (SSSR count). The van der Waals surface area contributed by atoms with Gasteiger partial charge in [0.1, 0.15) is 11.8 Å². The second kappa shape index (κ2) is 11.5. The van der Waals surface area contributed by atoms with Gasteiger partial charge in [0.05, 0.1) is 12.5 Å². The lowest BCUT2D eigenvalue weighted by Crippen LogP contribution is -2.49. The Balaban J connectivity index is 1.98. The maximum absolute atomic E-state index is 13.8. The van der Waals surface area contributed by atoms with Gasteiger partial charge in [0.25, 0.3) is 0 Å². The molecule has 3 aromatic carbocycles. The standard InChI is InChI=1S/C28H33N3O3/c1-19-9-11-22(12-10-19)25-7-4-3-6-23(25)18-27(33)31(26(28(30)34)8-5-17-29)20(2)21-13-15-24(32)16-14-21/h3-4,6-7,9-16,20,26,32H,5,8,17-18,29H2,1-2H3,(H2,30,34)/t20-,26-/m1/s1. The maximum Gasteiger partial charge on any atom is 0.240 e. The summed E-state index contributed by atoms with van der Waals surface area (Å²) >= 11 is 0. The van der Waals surface area contributed by atoms with Gasteiger partial charge < -0.3 is 21.5 Å². The molecule has 0 aliphatic rings. The van der Waals surface area contributed by atoms with E-state index in [1.54, 1.807) is 29.2 Å². The molecule has 0 spiro atoms. The number of phenolic OH excluding ortho intramolecular Hbond substituents is 1. The third-order valence-corrected chi connectivity index (χ3v) is 6.15. The Morgan fingerprint density at radius 2 is 1.62 bits per heavy atom. The zero-order chi connectivity index (χ0) is 24.7. The molecule has 0 saturated heterocycles. The first kappa shape index (κ1) is 25.0. The Kier molecular flexibility index (Phi) is 8.44. The van der Waals surface area contributed by atoms with Crippen molar-refractivity contribution in [1.82, 2.24) is 4.90 Å². The van der Waals surface area contributed by atoms with Crippen molar-refractivity contribution in [2.24, 2.45) is 11.5 Å². The molecule has 0 saturated carbocycles. The number of nitrogens with two attached hydrogens (primary N) is 2. The molecular weight excluding hydrogens is 426 g/mol. The fourth-order valence-corrected chi connectivity index (χ4v) is 4.25. The number of amides is 2. The highest BCUT2D eigenvalue weighted by atomic mass is 16.3. The molecule has 5 N–H and O–H groups in total. The molecule has 0 aliphatic heterocycles. The van der Waals surface area contributed by atoms with E-state index in [9.17, 15) is 14.7 Å². The van der Waals surface area contributed by atoms with Crippen LogP contribution in [0.15, 0.2) is 72.8 Å². The molecule has 0 radical (unpaired) electrons. The number of nitrogens with zero attached hydrogens (tertiary/aromatic N) is 1. The highest BCUT2D eigenvalue weighted by Crippen LogP contribution is 2.29. The van der Waals surface area contributed by atoms with Gasteiger partial charge in [-0.25, -0.2) is 0 Å². The third kappa shape index (κ3) is 6.02. The third-order valence-electron chi connectivity index (χ3n) is 6.15. The Morgan fingerprint density at radius 3 is 2.24 bits per heavy atom. The second-order valence-corrected chi connectivity index (χ2v) is 8.62. The maximum atomic E-state index is 13.8. The summed E-state index contributed by atoms with van der Waals surface area (Å²) in [7, 11) is 0. The van der Waals surface area contributed by atoms with Gasteiger partial charge in [-0.1, -0.05) is 66.2 Å². The molecule has 34 heavy (non-hydrogen) atoms. The Labute approximate surface area is 201 Å². The first-order chi connectivity index (χ1) is 16.3. The molecule has 6 nitrogen and oxygen atoms in total. The van der Waals surface area contributed by atoms with E-state index in [0.717, 1.165) is 27.8 Å². The van der Waals surface area contributed by atoms with Crippen molar-refractivity contribution in [2.45, 2.75) is 45.2 Å². The summed E-state index contributed by atoms with van der Waals surface area (Å²) in [6, 6.07) is 21.4. The molecule has 2 amide bonds. The summed E-state index contributed by atoms with van der Waals surface area (Å²) in [6.45, 7) is 4.30. The number of carbonyl (C=O) groups excluding carboxylic acids is 2. The lowest BCUT2D eigenvalue weighted by atomic mass is 9.95. The predicted molar refractivity (Wildman–Crippen MR) is 135 cm³/mol. The lowest BCUT2D eigenvalue weighted by Gasteiger charge is -2.35. The topological polar surface area (TPSA) is 110 Å². The van der Waals surface area contributed by atoms with Crippen LogP contribution in [0.1, 0.15) is 42.5 Å². The quantitative estimate of drug-likeness (QED) is 0.424. The normalized spacial score (nSPS) is 12.7. The fraction of sp³-hybridized carbons (Fsp3) is 0.286. The van der Waals surface area contributed by atoms with Gasteiger partial charge in [-0.15, -0.1) is 0 Å². The number of carbonyl (C=O) groups is 2. The van der Waals surface area contributed by atoms with Crippen LogP contribution in [0.5, 0.6) is 5.75 Å². The smallest absolute Gasteiger partial charge is 0.240 e. The van der Waals surface area contributed by atoms with Crippen LogP contribution in [-0.4, -0.2) is 34.4 Å². The Hall–Kier alpha value is -3.64. The van der Waals surface area contributed by atoms with E-state index in [1.807, 2.05) is 62.4 Å². The largest absolute Gasteiger partial charge is 0.508 e. The minimum Gasteiger partial charge on any atom is -0.508 e. The van der Waals surface area contributed by atoms with E-state index in [1.165, 1.54) is 0 Å². The first-order valence-corrected chi connectivity index (χ1v) is 11.6. The molecule has 2 atom stereocenters. The van der Waals surface area contributed by atoms with Gasteiger partial charge in [-0.3, -0.25) is 9.59 Å². The fourth-order valence-electron chi connectivity index (χ4n) is 4.25. The van der Waals surface area contributed by atoms with Gasteiger partial charge in [0.15, 0.2) is 0 Å². The minimum atomic E-state index is -0.786. The molecular formula is C28H33N3O3. The molecule has 0 unspecified atom stereocenters. The Bertz CT molecular complexity index is 1110. The van der Waals surface area contributed by atoms with E-state index in [0.29, 0.717) is 19.4 Å². The van der Waals surface area contributed by atoms with Gasteiger partial charge >= 0.3 is 0 Å². The molecule has 0 fully saturated rings. The zero-order valence-corrected chi connectivity index (χ0v) is 19.8. The van der Waals surface area contributed by atoms with Crippen LogP contribution < -0.4 is 11.5 Å². The number of hydrogen-bond acceptors (Lipinski definition) is 4. The van der Waals surface area contributed by atoms with Crippen molar-refractivity contribution < 1.29 is 14.7 Å². The van der Waals surface area contributed by atoms with E-state index in [-0.39, 0.29) is 18.1 Å². The molecule has 6 heteroatoms. The highest BCUT2D eigenvalue weighted by molar-refractivity contribution is 5.89. The van der Waals surface area contributed by atoms with Gasteiger partial charge in [0, 0.05) is 0 Å². The number of benzene rings is 3. The van der Waals surface area contributed by atoms with Crippen molar-refractivity contribution in [3.63, 3.8) is 0 Å². The number of primary amides is 1. The number of hydrogen-bond donors (Lipinski definition) is 3. The van der Waals surface area contributed by atoms with Crippen LogP contribution in [0.3, 0.4) is 0 Å². The van der Waals surface area contributed by atoms with Crippen LogP contribution in [0.25, 0.3) is 11.1 Å². The van der Waals surface area contributed by atoms with Crippen molar-refractivity contribution in [1.29, 1.82) is 0 Å². The Morgan fingerprint density at radius 1 is 0.971 bits per heavy atom. The average Bonchev–Trinajstić information content (AvgIpc) is 2.82. The molecule has 0 heterocycles. The van der Waals surface area contributed by atoms with Gasteiger partial charge in [-0.2, -0.15) is 0 Å². The van der Waals surface area contributed by atoms with Crippen LogP contribution in [-0.2, 0) is 16.0 Å². The minimum absolute atomic E-state index is 0.124. The van der Waals surface area contributed by atoms with Crippen molar-refractivity contribution >= 4 is 11.8 Å². The van der Waals surface area contributed by atoms with Crippen LogP contribution in [0.4, 0.5) is 0 Å². The molecule has 3 aromatic rings.